The second kappa shape index (κ2) is 10.7. The fourth-order valence-corrected chi connectivity index (χ4v) is 5.60. The van der Waals surface area contributed by atoms with Crippen LogP contribution < -0.4 is 10.6 Å². The number of nitrogens with zero attached hydrogens (tertiary/aromatic N) is 3. The lowest BCUT2D eigenvalue weighted by molar-refractivity contribution is -0.137. The molecular formula is C22H18F3N5O2S3. The monoisotopic (exact) mass is 537 g/mol. The molecule has 0 atom stereocenters. The number of thioether (sulfide) groups is 2. The lowest BCUT2D eigenvalue weighted by Gasteiger charge is -2.09. The Morgan fingerprint density at radius 1 is 1.03 bits per heavy atom. The van der Waals surface area contributed by atoms with E-state index in [0.717, 1.165) is 27.5 Å². The number of fused-ring (bicyclic) bond motifs is 1. The van der Waals surface area contributed by atoms with E-state index in [0.29, 0.717) is 10.0 Å². The molecule has 35 heavy (non-hydrogen) atoms. The summed E-state index contributed by atoms with van der Waals surface area (Å²) in [5.41, 5.74) is 0.602. The number of imidazole rings is 1. The number of anilines is 2. The van der Waals surface area contributed by atoms with Crippen molar-refractivity contribution < 1.29 is 22.8 Å². The molecule has 0 radical (unpaired) electrons. The predicted molar refractivity (Wildman–Crippen MR) is 133 cm³/mol. The van der Waals surface area contributed by atoms with Crippen LogP contribution in [0.3, 0.4) is 0 Å². The number of hydrogen-bond acceptors (Lipinski definition) is 7. The second-order valence-corrected chi connectivity index (χ2v) is 10.4. The van der Waals surface area contributed by atoms with Gasteiger partial charge in [0.25, 0.3) is 0 Å². The first-order valence-corrected chi connectivity index (χ1v) is 12.9. The number of aromatic nitrogens is 3. The van der Waals surface area contributed by atoms with Crippen molar-refractivity contribution in [1.82, 2.24) is 14.5 Å². The van der Waals surface area contributed by atoms with Gasteiger partial charge in [-0.15, -0.1) is 11.3 Å². The number of alkyl halides is 3. The van der Waals surface area contributed by atoms with E-state index in [4.69, 9.17) is 0 Å². The van der Waals surface area contributed by atoms with E-state index in [2.05, 4.69) is 20.6 Å². The van der Waals surface area contributed by atoms with Crippen molar-refractivity contribution in [3.05, 3.63) is 60.4 Å². The van der Waals surface area contributed by atoms with Crippen molar-refractivity contribution in [3.8, 4) is 0 Å². The zero-order valence-electron chi connectivity index (χ0n) is 18.1. The van der Waals surface area contributed by atoms with Crippen molar-refractivity contribution in [1.29, 1.82) is 0 Å². The lowest BCUT2D eigenvalue weighted by Crippen LogP contribution is -2.14. The molecule has 2 aromatic heterocycles. The fourth-order valence-electron chi connectivity index (χ4n) is 2.96. The number of rotatable bonds is 8. The first kappa shape index (κ1) is 25.1. The van der Waals surface area contributed by atoms with Crippen molar-refractivity contribution in [2.45, 2.75) is 15.7 Å². The van der Waals surface area contributed by atoms with Gasteiger partial charge in [-0.1, -0.05) is 29.6 Å². The van der Waals surface area contributed by atoms with Gasteiger partial charge in [-0.2, -0.15) is 13.2 Å². The summed E-state index contributed by atoms with van der Waals surface area (Å²) in [5, 5.41) is 6.07. The highest BCUT2D eigenvalue weighted by Gasteiger charge is 2.30. The third-order valence-electron chi connectivity index (χ3n) is 4.56. The summed E-state index contributed by atoms with van der Waals surface area (Å²) in [4.78, 5) is 33.1. The maximum Gasteiger partial charge on any atom is 0.416 e. The van der Waals surface area contributed by atoms with Gasteiger partial charge in [0.2, 0.25) is 11.8 Å². The number of benzene rings is 2. The third-order valence-corrected chi connectivity index (χ3v) is 7.78. The van der Waals surface area contributed by atoms with Crippen molar-refractivity contribution in [2.24, 2.45) is 7.05 Å². The highest BCUT2D eigenvalue weighted by Crippen LogP contribution is 2.32. The summed E-state index contributed by atoms with van der Waals surface area (Å²) in [6.45, 7) is 0. The van der Waals surface area contributed by atoms with Crippen molar-refractivity contribution >= 4 is 68.3 Å². The first-order valence-electron chi connectivity index (χ1n) is 10.1. The smallest absolute Gasteiger partial charge is 0.329 e. The number of thiazole rings is 1. The zero-order valence-corrected chi connectivity index (χ0v) is 20.6. The molecule has 0 fully saturated rings. The number of nitrogens with one attached hydrogen (secondary N) is 2. The Morgan fingerprint density at radius 2 is 1.74 bits per heavy atom. The molecule has 2 heterocycles. The van der Waals surface area contributed by atoms with E-state index < -0.39 is 17.6 Å². The molecule has 0 aliphatic rings. The molecule has 182 valence electrons. The first-order chi connectivity index (χ1) is 16.7. The minimum Gasteiger partial charge on any atom is -0.329 e. The summed E-state index contributed by atoms with van der Waals surface area (Å²) >= 11 is 3.88. The number of hydrogen-bond donors (Lipinski definition) is 2. The molecule has 13 heteroatoms. The normalized spacial score (nSPS) is 11.5. The molecule has 2 amide bonds. The largest absolute Gasteiger partial charge is 0.416 e. The minimum atomic E-state index is -4.48. The Hall–Kier alpha value is -3.03. The Kier molecular flexibility index (Phi) is 7.67. The average Bonchev–Trinajstić information content (AvgIpc) is 3.41. The maximum atomic E-state index is 12.8. The van der Waals surface area contributed by atoms with Gasteiger partial charge in [0.15, 0.2) is 9.50 Å². The van der Waals surface area contributed by atoms with Crippen LogP contribution in [0.4, 0.5) is 24.5 Å². The Labute approximate surface area is 210 Å². The van der Waals surface area contributed by atoms with E-state index >= 15 is 0 Å². The SMILES string of the molecule is Cn1ccnc1SCC(=O)Nc1ccc2nc(SCC(=O)Nc3cccc(C(F)(F)F)c3)sc2c1. The van der Waals surface area contributed by atoms with Gasteiger partial charge in [0.05, 0.1) is 27.3 Å². The molecule has 0 aliphatic heterocycles. The van der Waals surface area contributed by atoms with E-state index in [9.17, 15) is 22.8 Å². The van der Waals surface area contributed by atoms with Gasteiger partial charge in [0, 0.05) is 30.8 Å². The standard InChI is InChI=1S/C22H18F3N5O2S3/c1-30-8-7-26-20(30)33-11-18(31)28-15-5-6-16-17(10-15)35-21(29-16)34-12-19(32)27-14-4-2-3-13(9-14)22(23,24)25/h2-10H,11-12H2,1H3,(H,27,32)(H,28,31). The third kappa shape index (κ3) is 6.77. The van der Waals surface area contributed by atoms with Crippen LogP contribution in [-0.4, -0.2) is 37.9 Å². The van der Waals surface area contributed by atoms with Gasteiger partial charge >= 0.3 is 6.18 Å². The number of halogens is 3. The number of aryl methyl sites for hydroxylation is 1. The molecular weight excluding hydrogens is 519 g/mol. The van der Waals surface area contributed by atoms with E-state index in [-0.39, 0.29) is 23.1 Å². The topological polar surface area (TPSA) is 88.9 Å². The van der Waals surface area contributed by atoms with Crippen LogP contribution in [0.2, 0.25) is 0 Å². The van der Waals surface area contributed by atoms with Crippen LogP contribution >= 0.6 is 34.9 Å². The second-order valence-electron chi connectivity index (χ2n) is 7.24. The zero-order chi connectivity index (χ0) is 25.0. The van der Waals surface area contributed by atoms with Gasteiger partial charge in [-0.3, -0.25) is 9.59 Å². The highest BCUT2D eigenvalue weighted by atomic mass is 32.2. The van der Waals surface area contributed by atoms with Crippen LogP contribution in [-0.2, 0) is 22.8 Å². The number of amides is 2. The molecule has 2 aromatic carbocycles. The molecule has 0 spiro atoms. The molecule has 0 saturated heterocycles. The predicted octanol–water partition coefficient (Wildman–Crippen LogP) is 5.51. The summed E-state index contributed by atoms with van der Waals surface area (Å²) in [6, 6.07) is 9.82. The number of carbonyl (C=O) groups is 2. The van der Waals surface area contributed by atoms with Crippen LogP contribution in [0.1, 0.15) is 5.56 Å². The molecule has 4 aromatic rings. The maximum absolute atomic E-state index is 12.8. The average molecular weight is 538 g/mol. The van der Waals surface area contributed by atoms with Crippen LogP contribution in [0.15, 0.2) is 64.4 Å². The van der Waals surface area contributed by atoms with E-state index in [1.54, 1.807) is 18.3 Å². The fraction of sp³-hybridized carbons (Fsp3) is 0.182. The van der Waals surface area contributed by atoms with Gasteiger partial charge < -0.3 is 15.2 Å². The molecule has 2 N–H and O–H groups in total. The quantitative estimate of drug-likeness (QED) is 0.288. The Morgan fingerprint density at radius 3 is 2.43 bits per heavy atom. The summed E-state index contributed by atoms with van der Waals surface area (Å²) in [7, 11) is 1.86. The van der Waals surface area contributed by atoms with Gasteiger partial charge in [-0.05, 0) is 36.4 Å². The molecule has 0 unspecified atom stereocenters. The lowest BCUT2D eigenvalue weighted by atomic mass is 10.2. The van der Waals surface area contributed by atoms with Crippen molar-refractivity contribution in [2.75, 3.05) is 22.1 Å². The number of carbonyl (C=O) groups excluding carboxylic acids is 2. The highest BCUT2D eigenvalue weighted by molar-refractivity contribution is 8.01. The van der Waals surface area contributed by atoms with E-state index in [1.165, 1.54) is 47.0 Å². The summed E-state index contributed by atoms with van der Waals surface area (Å²) in [6.07, 6.45) is -1.00. The molecule has 7 nitrogen and oxygen atoms in total. The van der Waals surface area contributed by atoms with Crippen molar-refractivity contribution in [3.63, 3.8) is 0 Å². The van der Waals surface area contributed by atoms with Gasteiger partial charge in [0.1, 0.15) is 0 Å². The van der Waals surface area contributed by atoms with E-state index in [1.807, 2.05) is 23.9 Å². The summed E-state index contributed by atoms with van der Waals surface area (Å²) in [5.74, 6) is -0.396. The molecule has 0 bridgehead atoms. The Bertz CT molecular complexity index is 1370. The molecule has 0 aliphatic carbocycles. The molecule has 4 rings (SSSR count). The Balaban J connectivity index is 1.31. The summed E-state index contributed by atoms with van der Waals surface area (Å²) < 4.78 is 41.8. The molecule has 0 saturated carbocycles. The van der Waals surface area contributed by atoms with Gasteiger partial charge in [-0.25, -0.2) is 9.97 Å². The van der Waals surface area contributed by atoms with Crippen LogP contribution in [0, 0.1) is 0 Å². The van der Waals surface area contributed by atoms with Crippen LogP contribution in [0.5, 0.6) is 0 Å². The van der Waals surface area contributed by atoms with Crippen LogP contribution in [0.25, 0.3) is 10.2 Å². The minimum absolute atomic E-state index is 0.00985.